The standard InChI is InChI=1S/C15H17ClN4O/c16-10-1-2-12-11(9-10)14-13(3-4-17-12)18-15(19-14)20-5-7-21-8-6-20/h1-2,9,17H,3-8H2,(H,18,19). The Morgan fingerprint density at radius 2 is 2.10 bits per heavy atom. The van der Waals surface area contributed by atoms with Crippen LogP contribution in [0.3, 0.4) is 0 Å². The molecule has 5 nitrogen and oxygen atoms in total. The Kier molecular flexibility index (Phi) is 3.24. The summed E-state index contributed by atoms with van der Waals surface area (Å²) in [5, 5.41) is 4.17. The van der Waals surface area contributed by atoms with E-state index in [4.69, 9.17) is 21.3 Å². The number of imidazole rings is 1. The summed E-state index contributed by atoms with van der Waals surface area (Å²) in [5.41, 5.74) is 4.35. The Morgan fingerprint density at radius 1 is 1.24 bits per heavy atom. The number of nitrogens with one attached hydrogen (secondary N) is 2. The van der Waals surface area contributed by atoms with Crippen molar-refractivity contribution in [3.8, 4) is 11.3 Å². The molecule has 1 fully saturated rings. The fraction of sp³-hybridized carbons (Fsp3) is 0.400. The molecule has 1 saturated heterocycles. The maximum absolute atomic E-state index is 6.16. The number of morpholine rings is 1. The van der Waals surface area contributed by atoms with Crippen LogP contribution in [0.5, 0.6) is 0 Å². The van der Waals surface area contributed by atoms with Crippen molar-refractivity contribution in [2.24, 2.45) is 0 Å². The van der Waals surface area contributed by atoms with E-state index in [0.717, 1.165) is 67.2 Å². The molecule has 3 heterocycles. The minimum Gasteiger partial charge on any atom is -0.384 e. The molecule has 0 spiro atoms. The maximum Gasteiger partial charge on any atom is 0.203 e. The summed E-state index contributed by atoms with van der Waals surface area (Å²) in [6, 6.07) is 5.92. The van der Waals surface area contributed by atoms with E-state index in [1.54, 1.807) is 0 Å². The van der Waals surface area contributed by atoms with Gasteiger partial charge in [0.15, 0.2) is 0 Å². The van der Waals surface area contributed by atoms with E-state index in [-0.39, 0.29) is 0 Å². The predicted octanol–water partition coefficient (Wildman–Crippen LogP) is 2.53. The number of anilines is 2. The third-order valence-electron chi connectivity index (χ3n) is 4.00. The Hall–Kier alpha value is -1.72. The average molecular weight is 305 g/mol. The smallest absolute Gasteiger partial charge is 0.203 e. The Labute approximate surface area is 128 Å². The quantitative estimate of drug-likeness (QED) is 0.850. The van der Waals surface area contributed by atoms with Gasteiger partial charge in [0, 0.05) is 48.0 Å². The molecule has 0 amide bonds. The number of hydrogen-bond donors (Lipinski definition) is 2. The first kappa shape index (κ1) is 13.0. The Morgan fingerprint density at radius 3 is 2.95 bits per heavy atom. The monoisotopic (exact) mass is 304 g/mol. The highest BCUT2D eigenvalue weighted by Gasteiger charge is 2.22. The summed E-state index contributed by atoms with van der Waals surface area (Å²) in [4.78, 5) is 10.6. The van der Waals surface area contributed by atoms with E-state index in [1.165, 1.54) is 5.69 Å². The van der Waals surface area contributed by atoms with Gasteiger partial charge >= 0.3 is 0 Å². The van der Waals surface area contributed by atoms with Crippen molar-refractivity contribution >= 4 is 23.2 Å². The summed E-state index contributed by atoms with van der Waals surface area (Å²) < 4.78 is 5.40. The number of nitrogens with zero attached hydrogens (tertiary/aromatic N) is 2. The lowest BCUT2D eigenvalue weighted by Gasteiger charge is -2.26. The summed E-state index contributed by atoms with van der Waals surface area (Å²) in [6.07, 6.45) is 0.930. The maximum atomic E-state index is 6.16. The van der Waals surface area contributed by atoms with Gasteiger partial charge in [0.2, 0.25) is 5.95 Å². The van der Waals surface area contributed by atoms with Crippen LogP contribution in [0.4, 0.5) is 11.6 Å². The fourth-order valence-electron chi connectivity index (χ4n) is 2.91. The second-order valence-electron chi connectivity index (χ2n) is 5.35. The summed E-state index contributed by atoms with van der Waals surface area (Å²) in [6.45, 7) is 4.18. The molecule has 110 valence electrons. The lowest BCUT2D eigenvalue weighted by molar-refractivity contribution is 0.122. The van der Waals surface area contributed by atoms with Gasteiger partial charge in [-0.3, -0.25) is 0 Å². The minimum absolute atomic E-state index is 0.735. The van der Waals surface area contributed by atoms with Crippen molar-refractivity contribution < 1.29 is 4.74 Å². The van der Waals surface area contributed by atoms with Crippen molar-refractivity contribution in [1.29, 1.82) is 0 Å². The molecule has 0 unspecified atom stereocenters. The van der Waals surface area contributed by atoms with Gasteiger partial charge < -0.3 is 19.9 Å². The SMILES string of the molecule is Clc1ccc2c(c1)-c1nc(N3CCOCC3)[nH]c1CCN2. The zero-order valence-electron chi connectivity index (χ0n) is 11.7. The topological polar surface area (TPSA) is 53.2 Å². The summed E-state index contributed by atoms with van der Waals surface area (Å²) in [5.74, 6) is 0.941. The van der Waals surface area contributed by atoms with Gasteiger partial charge in [-0.05, 0) is 18.2 Å². The van der Waals surface area contributed by atoms with E-state index in [1.807, 2.05) is 18.2 Å². The first-order valence-electron chi connectivity index (χ1n) is 7.26. The second kappa shape index (κ2) is 5.24. The fourth-order valence-corrected chi connectivity index (χ4v) is 3.08. The lowest BCUT2D eigenvalue weighted by Crippen LogP contribution is -2.36. The third-order valence-corrected chi connectivity index (χ3v) is 4.24. The first-order valence-corrected chi connectivity index (χ1v) is 7.64. The van der Waals surface area contributed by atoms with Crippen LogP contribution in [0, 0.1) is 0 Å². The highest BCUT2D eigenvalue weighted by molar-refractivity contribution is 6.31. The van der Waals surface area contributed by atoms with Crippen LogP contribution in [0.15, 0.2) is 18.2 Å². The third kappa shape index (κ3) is 2.36. The van der Waals surface area contributed by atoms with Gasteiger partial charge in [0.05, 0.1) is 18.9 Å². The largest absolute Gasteiger partial charge is 0.384 e. The number of rotatable bonds is 1. The van der Waals surface area contributed by atoms with Crippen LogP contribution in [0.1, 0.15) is 5.69 Å². The molecule has 2 aliphatic heterocycles. The molecule has 4 rings (SSSR count). The molecule has 0 radical (unpaired) electrons. The van der Waals surface area contributed by atoms with Crippen molar-refractivity contribution in [3.05, 3.63) is 28.9 Å². The number of H-pyrrole nitrogens is 1. The molecule has 2 aromatic rings. The van der Waals surface area contributed by atoms with E-state index in [2.05, 4.69) is 15.2 Å². The van der Waals surface area contributed by atoms with Crippen molar-refractivity contribution in [1.82, 2.24) is 9.97 Å². The molecule has 0 atom stereocenters. The van der Waals surface area contributed by atoms with E-state index in [9.17, 15) is 0 Å². The number of hydrogen-bond acceptors (Lipinski definition) is 4. The number of halogens is 1. The number of aromatic amines is 1. The molecular weight excluding hydrogens is 288 g/mol. The van der Waals surface area contributed by atoms with Crippen LogP contribution in [-0.2, 0) is 11.2 Å². The summed E-state index contributed by atoms with van der Waals surface area (Å²) in [7, 11) is 0. The van der Waals surface area contributed by atoms with Gasteiger partial charge in [-0.1, -0.05) is 11.6 Å². The van der Waals surface area contributed by atoms with Crippen molar-refractivity contribution in [3.63, 3.8) is 0 Å². The minimum atomic E-state index is 0.735. The summed E-state index contributed by atoms with van der Waals surface area (Å²) >= 11 is 6.16. The molecular formula is C15H17ClN4O. The van der Waals surface area contributed by atoms with Crippen LogP contribution in [0.25, 0.3) is 11.3 Å². The van der Waals surface area contributed by atoms with Crippen LogP contribution >= 0.6 is 11.6 Å². The first-order chi connectivity index (χ1) is 10.3. The predicted molar refractivity (Wildman–Crippen MR) is 84.3 cm³/mol. The number of fused-ring (bicyclic) bond motifs is 3. The zero-order chi connectivity index (χ0) is 14.2. The molecule has 0 aliphatic carbocycles. The van der Waals surface area contributed by atoms with Crippen molar-refractivity contribution in [2.75, 3.05) is 43.1 Å². The molecule has 21 heavy (non-hydrogen) atoms. The van der Waals surface area contributed by atoms with Gasteiger partial charge in [0.1, 0.15) is 0 Å². The molecule has 0 bridgehead atoms. The Bertz CT molecular complexity index is 664. The lowest BCUT2D eigenvalue weighted by atomic mass is 10.1. The van der Waals surface area contributed by atoms with Crippen molar-refractivity contribution in [2.45, 2.75) is 6.42 Å². The molecule has 2 N–H and O–H groups in total. The molecule has 2 aliphatic rings. The van der Waals surface area contributed by atoms with Crippen LogP contribution < -0.4 is 10.2 Å². The molecule has 6 heteroatoms. The highest BCUT2D eigenvalue weighted by Crippen LogP contribution is 2.35. The van der Waals surface area contributed by atoms with Gasteiger partial charge in [0.25, 0.3) is 0 Å². The average Bonchev–Trinajstić information content (AvgIpc) is 2.87. The van der Waals surface area contributed by atoms with Gasteiger partial charge in [-0.15, -0.1) is 0 Å². The molecule has 1 aromatic heterocycles. The van der Waals surface area contributed by atoms with E-state index in [0.29, 0.717) is 0 Å². The Balaban J connectivity index is 1.77. The van der Waals surface area contributed by atoms with E-state index >= 15 is 0 Å². The van der Waals surface area contributed by atoms with Gasteiger partial charge in [-0.2, -0.15) is 0 Å². The zero-order valence-corrected chi connectivity index (χ0v) is 12.4. The molecule has 1 aromatic carbocycles. The van der Waals surface area contributed by atoms with Crippen LogP contribution in [0.2, 0.25) is 5.02 Å². The highest BCUT2D eigenvalue weighted by atomic mass is 35.5. The van der Waals surface area contributed by atoms with Crippen LogP contribution in [-0.4, -0.2) is 42.8 Å². The normalized spacial score (nSPS) is 17.7. The number of aromatic nitrogens is 2. The molecule has 0 saturated carbocycles. The number of ether oxygens (including phenoxy) is 1. The second-order valence-corrected chi connectivity index (χ2v) is 5.79. The number of benzene rings is 1. The van der Waals surface area contributed by atoms with E-state index < -0.39 is 0 Å². The van der Waals surface area contributed by atoms with Gasteiger partial charge in [-0.25, -0.2) is 4.98 Å².